The van der Waals surface area contributed by atoms with Gasteiger partial charge in [0.05, 0.1) is 19.2 Å². The quantitative estimate of drug-likeness (QED) is 0.405. The summed E-state index contributed by atoms with van der Waals surface area (Å²) in [5, 5.41) is 4.60. The standard InChI is InChI=1S/C25H22N4O4S/c1-31-20-6-4-19(5-7-20)27-25(34)29(13-16-3-2-8-26-12-16)14-18-9-17-10-22-23(33-15-32-22)11-21(17)28-24(18)30/h2-12H,13-15H2,1H3,(H,27,34)(H,28,30). The van der Waals surface area contributed by atoms with Crippen molar-refractivity contribution < 1.29 is 14.2 Å². The molecule has 0 saturated carbocycles. The summed E-state index contributed by atoms with van der Waals surface area (Å²) in [7, 11) is 1.62. The van der Waals surface area contributed by atoms with Gasteiger partial charge in [-0.3, -0.25) is 9.78 Å². The third-order valence-electron chi connectivity index (χ3n) is 5.50. The van der Waals surface area contributed by atoms with E-state index in [4.69, 9.17) is 26.4 Å². The van der Waals surface area contributed by atoms with Crippen LogP contribution >= 0.6 is 12.2 Å². The van der Waals surface area contributed by atoms with E-state index in [1.807, 2.05) is 53.4 Å². The first kappa shape index (κ1) is 21.7. The first-order chi connectivity index (χ1) is 16.6. The zero-order valence-corrected chi connectivity index (χ0v) is 19.2. The van der Waals surface area contributed by atoms with Crippen LogP contribution in [0.3, 0.4) is 0 Å². The van der Waals surface area contributed by atoms with Crippen molar-refractivity contribution in [1.29, 1.82) is 0 Å². The summed E-state index contributed by atoms with van der Waals surface area (Å²) in [6, 6.07) is 16.9. The highest BCUT2D eigenvalue weighted by molar-refractivity contribution is 7.80. The Balaban J connectivity index is 1.44. The van der Waals surface area contributed by atoms with Crippen LogP contribution in [0.5, 0.6) is 17.2 Å². The molecule has 0 amide bonds. The molecule has 3 heterocycles. The number of ether oxygens (including phenoxy) is 3. The Kier molecular flexibility index (Phi) is 6.01. The summed E-state index contributed by atoms with van der Waals surface area (Å²) in [6.07, 6.45) is 3.51. The third kappa shape index (κ3) is 4.65. The van der Waals surface area contributed by atoms with Gasteiger partial charge in [-0.2, -0.15) is 0 Å². The van der Waals surface area contributed by atoms with Gasteiger partial charge in [-0.1, -0.05) is 6.07 Å². The first-order valence-electron chi connectivity index (χ1n) is 10.6. The summed E-state index contributed by atoms with van der Waals surface area (Å²) in [5.41, 5.74) is 2.88. The number of anilines is 1. The molecule has 0 spiro atoms. The Hall–Kier alpha value is -4.11. The van der Waals surface area contributed by atoms with E-state index >= 15 is 0 Å². The lowest BCUT2D eigenvalue weighted by Gasteiger charge is -2.26. The fourth-order valence-corrected chi connectivity index (χ4v) is 4.00. The fourth-order valence-electron chi connectivity index (χ4n) is 3.75. The topological polar surface area (TPSA) is 88.7 Å². The van der Waals surface area contributed by atoms with E-state index in [-0.39, 0.29) is 12.4 Å². The number of benzene rings is 2. The molecule has 0 fully saturated rings. The minimum atomic E-state index is -0.185. The number of fused-ring (bicyclic) bond motifs is 2. The van der Waals surface area contributed by atoms with E-state index in [2.05, 4.69) is 15.3 Å². The van der Waals surface area contributed by atoms with Crippen LogP contribution in [0.1, 0.15) is 11.1 Å². The van der Waals surface area contributed by atoms with Gasteiger partial charge in [0.25, 0.3) is 5.56 Å². The van der Waals surface area contributed by atoms with Gasteiger partial charge in [-0.25, -0.2) is 0 Å². The van der Waals surface area contributed by atoms with Crippen LogP contribution < -0.4 is 25.1 Å². The Morgan fingerprint density at radius 1 is 1.15 bits per heavy atom. The molecule has 5 rings (SSSR count). The SMILES string of the molecule is COc1ccc(NC(=S)N(Cc2cccnc2)Cc2cc3cc4c(cc3[nH]c2=O)OCO4)cc1. The minimum Gasteiger partial charge on any atom is -0.497 e. The molecule has 0 atom stereocenters. The lowest BCUT2D eigenvalue weighted by Crippen LogP contribution is -2.35. The zero-order valence-electron chi connectivity index (χ0n) is 18.4. The molecule has 0 unspecified atom stereocenters. The molecule has 34 heavy (non-hydrogen) atoms. The summed E-state index contributed by atoms with van der Waals surface area (Å²) >= 11 is 5.74. The van der Waals surface area contributed by atoms with Crippen molar-refractivity contribution in [1.82, 2.24) is 14.9 Å². The van der Waals surface area contributed by atoms with Crippen LogP contribution in [-0.4, -0.2) is 33.9 Å². The lowest BCUT2D eigenvalue weighted by molar-refractivity contribution is 0.174. The maximum atomic E-state index is 12.9. The summed E-state index contributed by atoms with van der Waals surface area (Å²) in [6.45, 7) is 0.956. The number of nitrogens with zero attached hydrogens (tertiary/aromatic N) is 2. The minimum absolute atomic E-state index is 0.174. The number of pyridine rings is 2. The van der Waals surface area contributed by atoms with E-state index in [0.717, 1.165) is 22.4 Å². The number of hydrogen-bond acceptors (Lipinski definition) is 6. The van der Waals surface area contributed by atoms with Crippen LogP contribution in [0, 0.1) is 0 Å². The van der Waals surface area contributed by atoms with Crippen LogP contribution in [0.15, 0.2) is 71.8 Å². The molecule has 172 valence electrons. The molecule has 0 aliphatic carbocycles. The molecule has 8 nitrogen and oxygen atoms in total. The summed E-state index contributed by atoms with van der Waals surface area (Å²) < 4.78 is 16.1. The van der Waals surface area contributed by atoms with E-state index in [0.29, 0.717) is 40.8 Å². The Labute approximate surface area is 201 Å². The normalized spacial score (nSPS) is 11.9. The number of nitrogens with one attached hydrogen (secondary N) is 2. The first-order valence-corrected chi connectivity index (χ1v) is 11.0. The monoisotopic (exact) mass is 474 g/mol. The predicted octanol–water partition coefficient (Wildman–Crippen LogP) is 4.06. The summed E-state index contributed by atoms with van der Waals surface area (Å²) in [4.78, 5) is 22.0. The molecule has 0 saturated heterocycles. The van der Waals surface area contributed by atoms with Gasteiger partial charge in [-0.15, -0.1) is 0 Å². The van der Waals surface area contributed by atoms with Gasteiger partial charge in [0.1, 0.15) is 5.75 Å². The van der Waals surface area contributed by atoms with Gasteiger partial charge in [0.15, 0.2) is 16.6 Å². The third-order valence-corrected chi connectivity index (χ3v) is 5.86. The Morgan fingerprint density at radius 2 is 1.94 bits per heavy atom. The van der Waals surface area contributed by atoms with Gasteiger partial charge < -0.3 is 29.4 Å². The van der Waals surface area contributed by atoms with E-state index in [1.54, 1.807) is 25.6 Å². The Bertz CT molecular complexity index is 1390. The number of aromatic amines is 1. The second kappa shape index (κ2) is 9.40. The zero-order chi connectivity index (χ0) is 23.5. The maximum absolute atomic E-state index is 12.9. The second-order valence-electron chi connectivity index (χ2n) is 7.79. The molecule has 1 aliphatic heterocycles. The van der Waals surface area contributed by atoms with Gasteiger partial charge in [0, 0.05) is 41.6 Å². The predicted molar refractivity (Wildman–Crippen MR) is 133 cm³/mol. The number of H-pyrrole nitrogens is 1. The molecular formula is C25H22N4O4S. The second-order valence-corrected chi connectivity index (χ2v) is 8.18. The van der Waals surface area contributed by atoms with Crippen molar-refractivity contribution in [2.75, 3.05) is 19.2 Å². The molecular weight excluding hydrogens is 452 g/mol. The summed E-state index contributed by atoms with van der Waals surface area (Å²) in [5.74, 6) is 2.04. The van der Waals surface area contributed by atoms with Crippen LogP contribution in [-0.2, 0) is 13.1 Å². The molecule has 0 bridgehead atoms. The van der Waals surface area contributed by atoms with Crippen molar-refractivity contribution in [3.63, 3.8) is 0 Å². The van der Waals surface area contributed by atoms with Crippen molar-refractivity contribution in [3.8, 4) is 17.2 Å². The highest BCUT2D eigenvalue weighted by atomic mass is 32.1. The maximum Gasteiger partial charge on any atom is 0.253 e. The molecule has 9 heteroatoms. The molecule has 2 N–H and O–H groups in total. The number of hydrogen-bond donors (Lipinski definition) is 2. The lowest BCUT2D eigenvalue weighted by atomic mass is 10.1. The van der Waals surface area contributed by atoms with Crippen molar-refractivity contribution in [3.05, 3.63) is 88.5 Å². The molecule has 0 radical (unpaired) electrons. The van der Waals surface area contributed by atoms with Crippen molar-refractivity contribution in [2.45, 2.75) is 13.1 Å². The van der Waals surface area contributed by atoms with Gasteiger partial charge in [-0.05, 0) is 60.2 Å². The highest BCUT2D eigenvalue weighted by Gasteiger charge is 2.18. The van der Waals surface area contributed by atoms with Gasteiger partial charge >= 0.3 is 0 Å². The average molecular weight is 475 g/mol. The van der Waals surface area contributed by atoms with E-state index < -0.39 is 0 Å². The highest BCUT2D eigenvalue weighted by Crippen LogP contribution is 2.35. The smallest absolute Gasteiger partial charge is 0.253 e. The number of methoxy groups -OCH3 is 1. The van der Waals surface area contributed by atoms with Crippen LogP contribution in [0.2, 0.25) is 0 Å². The van der Waals surface area contributed by atoms with Crippen molar-refractivity contribution >= 4 is 33.9 Å². The van der Waals surface area contributed by atoms with Gasteiger partial charge in [0.2, 0.25) is 6.79 Å². The van der Waals surface area contributed by atoms with E-state index in [9.17, 15) is 4.79 Å². The van der Waals surface area contributed by atoms with E-state index in [1.165, 1.54) is 0 Å². The number of aromatic nitrogens is 2. The molecule has 2 aromatic heterocycles. The van der Waals surface area contributed by atoms with Crippen LogP contribution in [0.25, 0.3) is 10.9 Å². The van der Waals surface area contributed by atoms with Crippen LogP contribution in [0.4, 0.5) is 5.69 Å². The largest absolute Gasteiger partial charge is 0.497 e. The van der Waals surface area contributed by atoms with Crippen molar-refractivity contribution in [2.24, 2.45) is 0 Å². The average Bonchev–Trinajstić information content (AvgIpc) is 3.31. The molecule has 4 aromatic rings. The number of rotatable bonds is 6. The molecule has 2 aromatic carbocycles. The Morgan fingerprint density at radius 3 is 2.68 bits per heavy atom. The number of thiocarbonyl (C=S) groups is 1. The molecule has 1 aliphatic rings. The fraction of sp³-hybridized carbons (Fsp3) is 0.160.